The summed E-state index contributed by atoms with van der Waals surface area (Å²) in [5.41, 5.74) is 1.99. The number of carbonyl (C=O) groups excluding carboxylic acids is 1. The maximum Gasteiger partial charge on any atom is 0.248 e. The second-order valence-corrected chi connectivity index (χ2v) is 5.24. The minimum atomic E-state index is -0.160. The van der Waals surface area contributed by atoms with Gasteiger partial charge in [0.25, 0.3) is 0 Å². The first-order chi connectivity index (χ1) is 9.19. The van der Waals surface area contributed by atoms with Gasteiger partial charge in [0, 0.05) is 15.3 Å². The quantitative estimate of drug-likeness (QED) is 0.653. The van der Waals surface area contributed by atoms with Gasteiger partial charge in [0.15, 0.2) is 0 Å². The van der Waals surface area contributed by atoms with Crippen LogP contribution in [0, 0.1) is 3.57 Å². The van der Waals surface area contributed by atoms with Crippen molar-refractivity contribution in [2.75, 3.05) is 5.32 Å². The minimum absolute atomic E-state index is 0.160. The van der Waals surface area contributed by atoms with E-state index in [1.807, 2.05) is 12.1 Å². The van der Waals surface area contributed by atoms with E-state index in [0.717, 1.165) is 17.7 Å². The minimum Gasteiger partial charge on any atom is -0.465 e. The van der Waals surface area contributed by atoms with Crippen LogP contribution < -0.4 is 5.32 Å². The molecule has 0 atom stereocenters. The highest BCUT2D eigenvalue weighted by Crippen LogP contribution is 2.19. The lowest BCUT2D eigenvalue weighted by atomic mass is 10.1. The number of halogens is 1. The molecule has 0 aliphatic carbocycles. The van der Waals surface area contributed by atoms with Gasteiger partial charge in [-0.1, -0.05) is 6.92 Å². The standard InChI is InChI=1S/C15H14INO2/c1-2-11-10-12(16)5-7-14(11)17-15(18)8-6-13-4-3-9-19-13/h3-10H,2H2,1H3,(H,17,18)/b8-6+. The molecule has 0 spiro atoms. The molecule has 0 aliphatic rings. The van der Waals surface area contributed by atoms with Gasteiger partial charge in [-0.25, -0.2) is 0 Å². The van der Waals surface area contributed by atoms with Gasteiger partial charge in [-0.15, -0.1) is 0 Å². The predicted octanol–water partition coefficient (Wildman–Crippen LogP) is 4.10. The Hall–Kier alpha value is -1.56. The molecule has 19 heavy (non-hydrogen) atoms. The van der Waals surface area contributed by atoms with Crippen LogP contribution in [0.1, 0.15) is 18.2 Å². The molecule has 2 rings (SSSR count). The molecular weight excluding hydrogens is 353 g/mol. The molecule has 1 N–H and O–H groups in total. The average Bonchev–Trinajstić information content (AvgIpc) is 2.91. The zero-order chi connectivity index (χ0) is 13.7. The number of aryl methyl sites for hydroxylation is 1. The first-order valence-corrected chi connectivity index (χ1v) is 7.08. The Labute approximate surface area is 125 Å². The molecule has 4 heteroatoms. The summed E-state index contributed by atoms with van der Waals surface area (Å²) >= 11 is 2.26. The van der Waals surface area contributed by atoms with Crippen LogP contribution in [0.3, 0.4) is 0 Å². The molecule has 1 heterocycles. The molecule has 1 aromatic carbocycles. The Morgan fingerprint density at radius 2 is 2.26 bits per heavy atom. The summed E-state index contributed by atoms with van der Waals surface area (Å²) in [5, 5.41) is 2.88. The van der Waals surface area contributed by atoms with Crippen molar-refractivity contribution in [2.45, 2.75) is 13.3 Å². The molecule has 0 radical (unpaired) electrons. The average molecular weight is 367 g/mol. The molecule has 2 aromatic rings. The van der Waals surface area contributed by atoms with Gasteiger partial charge in [-0.2, -0.15) is 0 Å². The Kier molecular flexibility index (Phi) is 4.79. The van der Waals surface area contributed by atoms with E-state index >= 15 is 0 Å². The molecule has 0 fully saturated rings. The largest absolute Gasteiger partial charge is 0.465 e. The third-order valence-corrected chi connectivity index (χ3v) is 3.32. The molecule has 1 amide bonds. The van der Waals surface area contributed by atoms with Crippen molar-refractivity contribution in [3.05, 3.63) is 57.6 Å². The summed E-state index contributed by atoms with van der Waals surface area (Å²) in [6.07, 6.45) is 5.57. The molecule has 3 nitrogen and oxygen atoms in total. The van der Waals surface area contributed by atoms with Crippen LogP contribution in [0.25, 0.3) is 6.08 Å². The summed E-state index contributed by atoms with van der Waals surface area (Å²) < 4.78 is 6.29. The van der Waals surface area contributed by atoms with Crippen LogP contribution in [0.2, 0.25) is 0 Å². The zero-order valence-electron chi connectivity index (χ0n) is 10.5. The highest BCUT2D eigenvalue weighted by molar-refractivity contribution is 14.1. The summed E-state index contributed by atoms with van der Waals surface area (Å²) in [4.78, 5) is 11.8. The number of anilines is 1. The third-order valence-electron chi connectivity index (χ3n) is 2.65. The van der Waals surface area contributed by atoms with Gasteiger partial charge < -0.3 is 9.73 Å². The lowest BCUT2D eigenvalue weighted by Crippen LogP contribution is -2.09. The lowest BCUT2D eigenvalue weighted by Gasteiger charge is -2.08. The number of nitrogens with one attached hydrogen (secondary N) is 1. The Balaban J connectivity index is 2.06. The van der Waals surface area contributed by atoms with Crippen molar-refractivity contribution in [1.82, 2.24) is 0 Å². The number of hydrogen-bond acceptors (Lipinski definition) is 2. The number of furan rings is 1. The second-order valence-electron chi connectivity index (χ2n) is 3.99. The first-order valence-electron chi connectivity index (χ1n) is 6.00. The number of hydrogen-bond donors (Lipinski definition) is 1. The summed E-state index contributed by atoms with van der Waals surface area (Å²) in [5.74, 6) is 0.501. The lowest BCUT2D eigenvalue weighted by molar-refractivity contribution is -0.111. The third kappa shape index (κ3) is 3.96. The summed E-state index contributed by atoms with van der Waals surface area (Å²) in [6.45, 7) is 2.07. The van der Waals surface area contributed by atoms with Gasteiger partial charge in [0.2, 0.25) is 5.91 Å². The van der Waals surface area contributed by atoms with E-state index in [-0.39, 0.29) is 5.91 Å². The van der Waals surface area contributed by atoms with E-state index in [1.54, 1.807) is 24.5 Å². The van der Waals surface area contributed by atoms with E-state index in [2.05, 4.69) is 40.9 Å². The molecular formula is C15H14INO2. The monoisotopic (exact) mass is 367 g/mol. The normalized spacial score (nSPS) is 10.8. The second kappa shape index (κ2) is 6.56. The number of carbonyl (C=O) groups is 1. The fourth-order valence-corrected chi connectivity index (χ4v) is 2.25. The zero-order valence-corrected chi connectivity index (χ0v) is 12.7. The Morgan fingerprint density at radius 3 is 2.95 bits per heavy atom. The van der Waals surface area contributed by atoms with Gasteiger partial charge in [-0.3, -0.25) is 4.79 Å². The van der Waals surface area contributed by atoms with Gasteiger partial charge in [0.1, 0.15) is 5.76 Å². The van der Waals surface area contributed by atoms with E-state index in [4.69, 9.17) is 4.42 Å². The fourth-order valence-electron chi connectivity index (χ4n) is 1.70. The van der Waals surface area contributed by atoms with Crippen molar-refractivity contribution in [2.24, 2.45) is 0 Å². The van der Waals surface area contributed by atoms with Crippen LogP contribution in [0.5, 0.6) is 0 Å². The van der Waals surface area contributed by atoms with Crippen molar-refractivity contribution in [1.29, 1.82) is 0 Å². The smallest absolute Gasteiger partial charge is 0.248 e. The molecule has 0 bridgehead atoms. The van der Waals surface area contributed by atoms with Crippen LogP contribution in [-0.2, 0) is 11.2 Å². The van der Waals surface area contributed by atoms with Gasteiger partial charge >= 0.3 is 0 Å². The Morgan fingerprint density at radius 1 is 1.42 bits per heavy atom. The van der Waals surface area contributed by atoms with E-state index in [1.165, 1.54) is 9.65 Å². The first kappa shape index (κ1) is 13.9. The van der Waals surface area contributed by atoms with E-state index < -0.39 is 0 Å². The fraction of sp³-hybridized carbons (Fsp3) is 0.133. The van der Waals surface area contributed by atoms with Crippen LogP contribution >= 0.6 is 22.6 Å². The van der Waals surface area contributed by atoms with Gasteiger partial charge in [-0.05, 0) is 71.0 Å². The molecule has 0 saturated heterocycles. The number of amides is 1. The van der Waals surface area contributed by atoms with E-state index in [9.17, 15) is 4.79 Å². The summed E-state index contributed by atoms with van der Waals surface area (Å²) in [7, 11) is 0. The number of rotatable bonds is 4. The van der Waals surface area contributed by atoms with Crippen LogP contribution in [0.4, 0.5) is 5.69 Å². The molecule has 0 unspecified atom stereocenters. The maximum absolute atomic E-state index is 11.8. The Bertz CT molecular complexity index is 588. The topological polar surface area (TPSA) is 42.2 Å². The summed E-state index contributed by atoms with van der Waals surface area (Å²) in [6, 6.07) is 9.56. The van der Waals surface area contributed by atoms with Crippen molar-refractivity contribution >= 4 is 40.3 Å². The van der Waals surface area contributed by atoms with Gasteiger partial charge in [0.05, 0.1) is 6.26 Å². The highest BCUT2D eigenvalue weighted by Gasteiger charge is 2.04. The number of benzene rings is 1. The molecule has 98 valence electrons. The van der Waals surface area contributed by atoms with Crippen LogP contribution in [0.15, 0.2) is 47.1 Å². The highest BCUT2D eigenvalue weighted by atomic mass is 127. The van der Waals surface area contributed by atoms with Crippen molar-refractivity contribution in [3.8, 4) is 0 Å². The maximum atomic E-state index is 11.8. The SMILES string of the molecule is CCc1cc(I)ccc1NC(=O)/C=C/c1ccco1. The molecule has 1 aromatic heterocycles. The van der Waals surface area contributed by atoms with Crippen molar-refractivity contribution < 1.29 is 9.21 Å². The molecule has 0 saturated carbocycles. The van der Waals surface area contributed by atoms with Crippen LogP contribution in [-0.4, -0.2) is 5.91 Å². The van der Waals surface area contributed by atoms with E-state index in [0.29, 0.717) is 5.76 Å². The predicted molar refractivity (Wildman–Crippen MR) is 84.9 cm³/mol. The molecule has 0 aliphatic heterocycles. The van der Waals surface area contributed by atoms with Crippen molar-refractivity contribution in [3.63, 3.8) is 0 Å².